The van der Waals surface area contributed by atoms with Crippen molar-refractivity contribution in [3.05, 3.63) is 0 Å². The molecule has 2 aliphatic heterocycles. The molecule has 72 valence electrons. The normalized spacial score (nSPS) is 31.6. The van der Waals surface area contributed by atoms with Crippen LogP contribution in [0.3, 0.4) is 0 Å². The molecule has 2 heterocycles. The Bertz CT molecular complexity index is 252. The number of carbonyl (C=O) groups is 1. The van der Waals surface area contributed by atoms with Crippen LogP contribution in [0.4, 0.5) is 0 Å². The summed E-state index contributed by atoms with van der Waals surface area (Å²) in [7, 11) is 1.39. The number of nitrogens with one attached hydrogen (secondary N) is 2. The lowest BCUT2D eigenvalue weighted by molar-refractivity contribution is -0.133. The second-order valence-electron chi connectivity index (χ2n) is 3.32. The maximum Gasteiger partial charge on any atom is 0.354 e. The first kappa shape index (κ1) is 8.50. The summed E-state index contributed by atoms with van der Waals surface area (Å²) in [6.45, 7) is 1.81. The molecule has 0 radical (unpaired) electrons. The fourth-order valence-corrected chi connectivity index (χ4v) is 1.86. The molecule has 1 fully saturated rings. The fraction of sp³-hybridized carbons (Fsp3) is 0.750. The highest BCUT2D eigenvalue weighted by molar-refractivity contribution is 6.37. The molecule has 13 heavy (non-hydrogen) atoms. The fourth-order valence-electron chi connectivity index (χ4n) is 1.86. The van der Waals surface area contributed by atoms with E-state index in [2.05, 4.69) is 20.6 Å². The third-order valence-electron chi connectivity index (χ3n) is 2.58. The van der Waals surface area contributed by atoms with E-state index >= 15 is 0 Å². The summed E-state index contributed by atoms with van der Waals surface area (Å²) in [4.78, 5) is 11.3. The summed E-state index contributed by atoms with van der Waals surface area (Å²) < 4.78 is 4.65. The maximum atomic E-state index is 11.3. The van der Waals surface area contributed by atoms with Gasteiger partial charge in [-0.25, -0.2) is 4.79 Å². The van der Waals surface area contributed by atoms with Crippen LogP contribution in [-0.2, 0) is 9.53 Å². The van der Waals surface area contributed by atoms with E-state index in [0.29, 0.717) is 5.71 Å². The molecule has 2 N–H and O–H groups in total. The molecule has 0 spiro atoms. The van der Waals surface area contributed by atoms with E-state index in [4.69, 9.17) is 0 Å². The first-order chi connectivity index (χ1) is 6.33. The summed E-state index contributed by atoms with van der Waals surface area (Å²) in [5.41, 5.74) is 3.50. The molecule has 2 aliphatic rings. The van der Waals surface area contributed by atoms with E-state index in [-0.39, 0.29) is 17.9 Å². The van der Waals surface area contributed by atoms with Gasteiger partial charge in [-0.15, -0.1) is 0 Å². The molecule has 5 heteroatoms. The van der Waals surface area contributed by atoms with Gasteiger partial charge in [-0.2, -0.15) is 5.10 Å². The first-order valence-electron chi connectivity index (χ1n) is 4.45. The molecule has 0 aromatic carbocycles. The van der Waals surface area contributed by atoms with E-state index in [1.165, 1.54) is 7.11 Å². The molecule has 0 amide bonds. The predicted molar refractivity (Wildman–Crippen MR) is 47.4 cm³/mol. The van der Waals surface area contributed by atoms with Gasteiger partial charge in [-0.3, -0.25) is 0 Å². The van der Waals surface area contributed by atoms with E-state index in [1.807, 2.05) is 0 Å². The molecule has 0 aliphatic carbocycles. The van der Waals surface area contributed by atoms with Gasteiger partial charge in [0.1, 0.15) is 0 Å². The number of carbonyl (C=O) groups excluding carboxylic acids is 1. The molecule has 1 saturated heterocycles. The van der Waals surface area contributed by atoms with Crippen molar-refractivity contribution in [2.45, 2.75) is 12.5 Å². The molecule has 2 unspecified atom stereocenters. The topological polar surface area (TPSA) is 62.7 Å². The number of rotatable bonds is 1. The lowest BCUT2D eigenvalue weighted by Gasteiger charge is -2.25. The van der Waals surface area contributed by atoms with Gasteiger partial charge in [0.15, 0.2) is 5.71 Å². The smallest absolute Gasteiger partial charge is 0.354 e. The van der Waals surface area contributed by atoms with Crippen LogP contribution >= 0.6 is 0 Å². The number of piperidine rings is 1. The van der Waals surface area contributed by atoms with Crippen molar-refractivity contribution < 1.29 is 9.53 Å². The summed E-state index contributed by atoms with van der Waals surface area (Å²) in [6.07, 6.45) is 0.950. The Balaban J connectivity index is 2.09. The number of ether oxygens (including phenoxy) is 1. The highest BCUT2D eigenvalue weighted by Crippen LogP contribution is 2.19. The average Bonchev–Trinajstić information content (AvgIpc) is 2.60. The summed E-state index contributed by atoms with van der Waals surface area (Å²) in [5.74, 6) is -0.0735. The van der Waals surface area contributed by atoms with Gasteiger partial charge in [0.25, 0.3) is 0 Å². The van der Waals surface area contributed by atoms with Crippen LogP contribution in [0.2, 0.25) is 0 Å². The van der Waals surface area contributed by atoms with Crippen LogP contribution in [0.5, 0.6) is 0 Å². The number of hydrogen-bond acceptors (Lipinski definition) is 5. The zero-order chi connectivity index (χ0) is 9.26. The van der Waals surface area contributed by atoms with Crippen LogP contribution < -0.4 is 10.7 Å². The molecule has 5 nitrogen and oxygen atoms in total. The van der Waals surface area contributed by atoms with Crippen molar-refractivity contribution in [2.24, 2.45) is 11.0 Å². The van der Waals surface area contributed by atoms with Gasteiger partial charge in [0, 0.05) is 12.5 Å². The minimum atomic E-state index is -0.304. The third kappa shape index (κ3) is 1.39. The molecular weight excluding hydrogens is 170 g/mol. The molecule has 0 aromatic heterocycles. The van der Waals surface area contributed by atoms with Crippen molar-refractivity contribution in [3.8, 4) is 0 Å². The van der Waals surface area contributed by atoms with Crippen molar-refractivity contribution in [1.29, 1.82) is 0 Å². The number of methoxy groups -OCH3 is 1. The van der Waals surface area contributed by atoms with E-state index in [1.54, 1.807) is 0 Å². The largest absolute Gasteiger partial charge is 0.464 e. The van der Waals surface area contributed by atoms with Crippen LogP contribution in [0.15, 0.2) is 5.10 Å². The first-order valence-corrected chi connectivity index (χ1v) is 4.45. The standard InChI is InChI=1S/C8H13N3O2/c1-13-8(12)7-5-2-3-9-4-6(5)10-11-7/h5-6,9-10H,2-4H2,1H3. The number of nitrogens with zero attached hydrogens (tertiary/aromatic N) is 1. The van der Waals surface area contributed by atoms with E-state index in [0.717, 1.165) is 19.5 Å². The minimum absolute atomic E-state index is 0.230. The minimum Gasteiger partial charge on any atom is -0.464 e. The Morgan fingerprint density at radius 2 is 2.54 bits per heavy atom. The highest BCUT2D eigenvalue weighted by Gasteiger charge is 2.37. The number of hydrogen-bond donors (Lipinski definition) is 2. The van der Waals surface area contributed by atoms with Gasteiger partial charge >= 0.3 is 5.97 Å². The molecule has 2 atom stereocenters. The number of fused-ring (bicyclic) bond motifs is 1. The van der Waals surface area contributed by atoms with Crippen LogP contribution in [0.1, 0.15) is 6.42 Å². The van der Waals surface area contributed by atoms with Crippen LogP contribution in [0, 0.1) is 5.92 Å². The van der Waals surface area contributed by atoms with Crippen molar-refractivity contribution in [3.63, 3.8) is 0 Å². The van der Waals surface area contributed by atoms with Gasteiger partial charge in [-0.1, -0.05) is 0 Å². The number of esters is 1. The third-order valence-corrected chi connectivity index (χ3v) is 2.58. The van der Waals surface area contributed by atoms with Crippen LogP contribution in [0.25, 0.3) is 0 Å². The SMILES string of the molecule is COC(=O)C1=NNC2CNCCC12. The second kappa shape index (κ2) is 3.33. The quantitative estimate of drug-likeness (QED) is 0.517. The predicted octanol–water partition coefficient (Wildman–Crippen LogP) is -0.903. The Morgan fingerprint density at radius 3 is 3.31 bits per heavy atom. The lowest BCUT2D eigenvalue weighted by atomic mass is 9.90. The maximum absolute atomic E-state index is 11.3. The van der Waals surface area contributed by atoms with Crippen LogP contribution in [-0.4, -0.2) is 37.9 Å². The lowest BCUT2D eigenvalue weighted by Crippen LogP contribution is -2.46. The molecule has 0 saturated carbocycles. The van der Waals surface area contributed by atoms with Gasteiger partial charge in [0.05, 0.1) is 13.2 Å². The zero-order valence-electron chi connectivity index (χ0n) is 7.54. The average molecular weight is 183 g/mol. The van der Waals surface area contributed by atoms with Gasteiger partial charge in [-0.05, 0) is 13.0 Å². The van der Waals surface area contributed by atoms with Gasteiger partial charge in [0.2, 0.25) is 0 Å². The summed E-state index contributed by atoms with van der Waals surface area (Å²) in [5, 5.41) is 7.25. The molecule has 2 rings (SSSR count). The van der Waals surface area contributed by atoms with Crippen molar-refractivity contribution in [1.82, 2.24) is 10.7 Å². The number of hydrazone groups is 1. The monoisotopic (exact) mass is 183 g/mol. The Hall–Kier alpha value is -1.10. The molecule has 0 bridgehead atoms. The summed E-state index contributed by atoms with van der Waals surface area (Å²) >= 11 is 0. The Labute approximate surface area is 76.5 Å². The summed E-state index contributed by atoms with van der Waals surface area (Å²) in [6, 6.07) is 0.267. The van der Waals surface area contributed by atoms with E-state index < -0.39 is 0 Å². The molecule has 0 aromatic rings. The highest BCUT2D eigenvalue weighted by atomic mass is 16.5. The molecular formula is C8H13N3O2. The van der Waals surface area contributed by atoms with E-state index in [9.17, 15) is 4.79 Å². The van der Waals surface area contributed by atoms with Crippen molar-refractivity contribution >= 4 is 11.7 Å². The second-order valence-corrected chi connectivity index (χ2v) is 3.32. The van der Waals surface area contributed by atoms with Crippen molar-refractivity contribution in [2.75, 3.05) is 20.2 Å². The van der Waals surface area contributed by atoms with Gasteiger partial charge < -0.3 is 15.5 Å². The Morgan fingerprint density at radius 1 is 1.69 bits per heavy atom. The zero-order valence-corrected chi connectivity index (χ0v) is 7.54. The Kier molecular flexibility index (Phi) is 2.18.